The summed E-state index contributed by atoms with van der Waals surface area (Å²) in [5.41, 5.74) is 9.04. The van der Waals surface area contributed by atoms with E-state index in [1.165, 1.54) is 5.56 Å². The summed E-state index contributed by atoms with van der Waals surface area (Å²) in [7, 11) is 0. The number of amides is 1. The Morgan fingerprint density at radius 1 is 1.21 bits per heavy atom. The van der Waals surface area contributed by atoms with Gasteiger partial charge in [0.05, 0.1) is 17.1 Å². The topological polar surface area (TPSA) is 93.4 Å². The number of nitrogens with two attached hydrogens (primary N) is 1. The number of aryl methyl sites for hydroxylation is 2. The molecular formula is C21H29N5O2. The summed E-state index contributed by atoms with van der Waals surface area (Å²) in [5, 5.41) is 3.09. The van der Waals surface area contributed by atoms with Crippen LogP contribution in [-0.4, -0.2) is 46.0 Å². The van der Waals surface area contributed by atoms with Crippen molar-refractivity contribution in [2.75, 3.05) is 18.8 Å². The summed E-state index contributed by atoms with van der Waals surface area (Å²) in [5.74, 6) is -0.141. The fourth-order valence-corrected chi connectivity index (χ4v) is 3.35. The Labute approximate surface area is 166 Å². The molecule has 0 radical (unpaired) electrons. The molecule has 150 valence electrons. The number of ether oxygens (including phenoxy) is 1. The lowest BCUT2D eigenvalue weighted by Crippen LogP contribution is -2.48. The molecule has 7 nitrogen and oxygen atoms in total. The highest BCUT2D eigenvalue weighted by Gasteiger charge is 2.24. The summed E-state index contributed by atoms with van der Waals surface area (Å²) >= 11 is 0. The van der Waals surface area contributed by atoms with Gasteiger partial charge < -0.3 is 15.8 Å². The van der Waals surface area contributed by atoms with Crippen molar-refractivity contribution in [3.05, 3.63) is 47.3 Å². The first-order valence-electron chi connectivity index (χ1n) is 9.76. The molecule has 3 N–H and O–H groups in total. The molecule has 1 aromatic heterocycles. The molecule has 0 bridgehead atoms. The van der Waals surface area contributed by atoms with E-state index in [4.69, 9.17) is 10.5 Å². The molecule has 7 heteroatoms. The van der Waals surface area contributed by atoms with E-state index in [0.717, 1.165) is 32.5 Å². The molecule has 2 aromatic rings. The molecular weight excluding hydrogens is 354 g/mol. The molecule has 1 amide bonds. The number of hydrogen-bond donors (Lipinski definition) is 2. The van der Waals surface area contributed by atoms with Gasteiger partial charge in [0.15, 0.2) is 6.10 Å². The fraction of sp³-hybridized carbons (Fsp3) is 0.476. The van der Waals surface area contributed by atoms with Crippen molar-refractivity contribution in [2.45, 2.75) is 52.3 Å². The van der Waals surface area contributed by atoms with Crippen molar-refractivity contribution in [1.82, 2.24) is 20.2 Å². The standard InChI is InChI=1S/C21H29N5O2/c1-14-19(22)15(2)24-21(23-14)28-16(3)20(27)25-18-9-11-26(12-10-18)13-17-7-5-4-6-8-17/h4-8,16,18H,9-13,22H2,1-3H3,(H,25,27). The molecule has 1 aliphatic heterocycles. The second-order valence-corrected chi connectivity index (χ2v) is 7.40. The van der Waals surface area contributed by atoms with Gasteiger partial charge in [0.2, 0.25) is 0 Å². The quantitative estimate of drug-likeness (QED) is 0.794. The Hall–Kier alpha value is -2.67. The summed E-state index contributed by atoms with van der Waals surface area (Å²) in [4.78, 5) is 23.3. The van der Waals surface area contributed by atoms with E-state index in [1.807, 2.05) is 6.07 Å². The van der Waals surface area contributed by atoms with Gasteiger partial charge in [0, 0.05) is 25.7 Å². The normalized spacial score (nSPS) is 16.5. The lowest BCUT2D eigenvalue weighted by Gasteiger charge is -2.32. The third-order valence-corrected chi connectivity index (χ3v) is 5.14. The van der Waals surface area contributed by atoms with Crippen molar-refractivity contribution in [3.8, 4) is 6.01 Å². The number of carbonyl (C=O) groups excluding carboxylic acids is 1. The largest absolute Gasteiger partial charge is 0.450 e. The van der Waals surface area contributed by atoms with E-state index in [9.17, 15) is 4.79 Å². The maximum Gasteiger partial charge on any atom is 0.317 e. The van der Waals surface area contributed by atoms with E-state index in [2.05, 4.69) is 44.5 Å². The fourth-order valence-electron chi connectivity index (χ4n) is 3.35. The van der Waals surface area contributed by atoms with Gasteiger partial charge in [0.25, 0.3) is 5.91 Å². The van der Waals surface area contributed by atoms with E-state index in [1.54, 1.807) is 20.8 Å². The van der Waals surface area contributed by atoms with Gasteiger partial charge in [-0.3, -0.25) is 9.69 Å². The molecule has 1 saturated heterocycles. The molecule has 1 aromatic carbocycles. The maximum atomic E-state index is 12.5. The molecule has 1 atom stereocenters. The molecule has 0 saturated carbocycles. The van der Waals surface area contributed by atoms with Crippen LogP contribution in [0.15, 0.2) is 30.3 Å². The Morgan fingerprint density at radius 2 is 1.82 bits per heavy atom. The first-order chi connectivity index (χ1) is 13.4. The minimum Gasteiger partial charge on any atom is -0.450 e. The lowest BCUT2D eigenvalue weighted by molar-refractivity contribution is -0.128. The molecule has 28 heavy (non-hydrogen) atoms. The van der Waals surface area contributed by atoms with Gasteiger partial charge >= 0.3 is 6.01 Å². The maximum absolute atomic E-state index is 12.5. The van der Waals surface area contributed by atoms with Crippen LogP contribution in [0.25, 0.3) is 0 Å². The van der Waals surface area contributed by atoms with E-state index < -0.39 is 6.10 Å². The average molecular weight is 383 g/mol. The zero-order valence-electron chi connectivity index (χ0n) is 16.8. The highest BCUT2D eigenvalue weighted by Crippen LogP contribution is 2.17. The van der Waals surface area contributed by atoms with Crippen LogP contribution in [0.1, 0.15) is 36.7 Å². The molecule has 0 aliphatic carbocycles. The number of nitrogens with one attached hydrogen (secondary N) is 1. The Kier molecular flexibility index (Phi) is 6.46. The predicted molar refractivity (Wildman–Crippen MR) is 109 cm³/mol. The number of aromatic nitrogens is 2. The van der Waals surface area contributed by atoms with E-state index in [0.29, 0.717) is 17.1 Å². The first kappa shape index (κ1) is 20.1. The van der Waals surface area contributed by atoms with Crippen molar-refractivity contribution < 1.29 is 9.53 Å². The summed E-state index contributed by atoms with van der Waals surface area (Å²) in [6.07, 6.45) is 1.20. The van der Waals surface area contributed by atoms with Gasteiger partial charge in [0.1, 0.15) is 0 Å². The van der Waals surface area contributed by atoms with Gasteiger partial charge in [-0.2, -0.15) is 9.97 Å². The third kappa shape index (κ3) is 5.19. The highest BCUT2D eigenvalue weighted by atomic mass is 16.5. The highest BCUT2D eigenvalue weighted by molar-refractivity contribution is 5.80. The number of nitrogen functional groups attached to an aromatic ring is 1. The van der Waals surface area contributed by atoms with Crippen LogP contribution in [0.5, 0.6) is 6.01 Å². The first-order valence-corrected chi connectivity index (χ1v) is 9.76. The molecule has 3 rings (SSSR count). The predicted octanol–water partition coefficient (Wildman–Crippen LogP) is 2.22. The molecule has 1 aliphatic rings. The number of piperidine rings is 1. The summed E-state index contributed by atoms with van der Waals surface area (Å²) in [6, 6.07) is 10.8. The van der Waals surface area contributed by atoms with Gasteiger partial charge in [-0.05, 0) is 39.2 Å². The summed E-state index contributed by atoms with van der Waals surface area (Å²) in [6.45, 7) is 8.19. The Morgan fingerprint density at radius 3 is 2.43 bits per heavy atom. The van der Waals surface area contributed by atoms with Crippen molar-refractivity contribution in [1.29, 1.82) is 0 Å². The number of likely N-dealkylation sites (tertiary alicyclic amines) is 1. The lowest BCUT2D eigenvalue weighted by atomic mass is 10.0. The van der Waals surface area contributed by atoms with Crippen molar-refractivity contribution in [3.63, 3.8) is 0 Å². The zero-order chi connectivity index (χ0) is 20.1. The third-order valence-electron chi connectivity index (χ3n) is 5.14. The van der Waals surface area contributed by atoms with Crippen molar-refractivity contribution in [2.24, 2.45) is 0 Å². The zero-order valence-corrected chi connectivity index (χ0v) is 16.8. The number of rotatable bonds is 6. The van der Waals surface area contributed by atoms with Crippen LogP contribution in [0.4, 0.5) is 5.69 Å². The van der Waals surface area contributed by atoms with Crippen LogP contribution in [0.2, 0.25) is 0 Å². The minimum atomic E-state index is -0.662. The minimum absolute atomic E-state index is 0.141. The van der Waals surface area contributed by atoms with Crippen molar-refractivity contribution >= 4 is 11.6 Å². The number of carbonyl (C=O) groups is 1. The van der Waals surface area contributed by atoms with Gasteiger partial charge in [-0.25, -0.2) is 0 Å². The molecule has 2 heterocycles. The van der Waals surface area contributed by atoms with E-state index >= 15 is 0 Å². The van der Waals surface area contributed by atoms with Gasteiger partial charge in [-0.1, -0.05) is 30.3 Å². The molecule has 1 unspecified atom stereocenters. The second kappa shape index (κ2) is 9.01. The smallest absolute Gasteiger partial charge is 0.317 e. The average Bonchev–Trinajstić information content (AvgIpc) is 2.68. The van der Waals surface area contributed by atoms with Gasteiger partial charge in [-0.15, -0.1) is 0 Å². The Bertz CT molecular complexity index is 781. The van der Waals surface area contributed by atoms with Crippen LogP contribution < -0.4 is 15.8 Å². The summed E-state index contributed by atoms with van der Waals surface area (Å²) < 4.78 is 5.63. The number of hydrogen-bond acceptors (Lipinski definition) is 6. The van der Waals surface area contributed by atoms with Crippen LogP contribution in [0.3, 0.4) is 0 Å². The Balaban J connectivity index is 1.46. The second-order valence-electron chi connectivity index (χ2n) is 7.40. The number of benzene rings is 1. The monoisotopic (exact) mass is 383 g/mol. The van der Waals surface area contributed by atoms with E-state index in [-0.39, 0.29) is 18.0 Å². The molecule has 1 fully saturated rings. The SMILES string of the molecule is Cc1nc(OC(C)C(=O)NC2CCN(Cc3ccccc3)CC2)nc(C)c1N. The van der Waals surface area contributed by atoms with Crippen LogP contribution >= 0.6 is 0 Å². The molecule has 0 spiro atoms. The number of anilines is 1. The van der Waals surface area contributed by atoms with Crippen LogP contribution in [-0.2, 0) is 11.3 Å². The number of nitrogens with zero attached hydrogens (tertiary/aromatic N) is 3. The van der Waals surface area contributed by atoms with Crippen LogP contribution in [0, 0.1) is 13.8 Å².